The van der Waals surface area contributed by atoms with Crippen LogP contribution in [0.4, 0.5) is 11.5 Å². The fourth-order valence-electron chi connectivity index (χ4n) is 1.79. The number of hydrogen-bond acceptors (Lipinski definition) is 5. The number of anilines is 2. The monoisotopic (exact) mass is 242 g/mol. The van der Waals surface area contributed by atoms with Crippen molar-refractivity contribution in [1.82, 2.24) is 9.97 Å². The Balaban J connectivity index is 2.15. The van der Waals surface area contributed by atoms with Gasteiger partial charge in [-0.05, 0) is 31.4 Å². The van der Waals surface area contributed by atoms with Crippen molar-refractivity contribution in [3.05, 3.63) is 11.5 Å². The first-order valence-corrected chi connectivity index (χ1v) is 5.61. The van der Waals surface area contributed by atoms with E-state index in [2.05, 4.69) is 22.2 Å². The molecular formula is C10H15ClN4O. The van der Waals surface area contributed by atoms with E-state index in [-0.39, 0.29) is 10.8 Å². The van der Waals surface area contributed by atoms with Crippen molar-refractivity contribution in [2.75, 3.05) is 24.3 Å². The average Bonchev–Trinajstić information content (AvgIpc) is 2.24. The minimum Gasteiger partial charge on any atom is -0.394 e. The van der Waals surface area contributed by atoms with E-state index in [1.54, 1.807) is 0 Å². The minimum atomic E-state index is -0.135. The second-order valence-corrected chi connectivity index (χ2v) is 4.62. The predicted octanol–water partition coefficient (Wildman–Crippen LogP) is 1.69. The zero-order chi connectivity index (χ0) is 11.6. The summed E-state index contributed by atoms with van der Waals surface area (Å²) in [6.07, 6.45) is 3.56. The van der Waals surface area contributed by atoms with Crippen LogP contribution in [-0.4, -0.2) is 28.7 Å². The summed E-state index contributed by atoms with van der Waals surface area (Å²) < 4.78 is 5.45. The van der Waals surface area contributed by atoms with E-state index in [1.165, 1.54) is 6.20 Å². The first-order chi connectivity index (χ1) is 7.59. The molecule has 0 amide bonds. The Bertz CT molecular complexity index is 379. The number of nitrogens with one attached hydrogen (secondary N) is 1. The highest BCUT2D eigenvalue weighted by Gasteiger charge is 2.28. The first kappa shape index (κ1) is 11.4. The number of aromatic nitrogens is 2. The molecule has 1 aliphatic rings. The first-order valence-electron chi connectivity index (χ1n) is 5.23. The van der Waals surface area contributed by atoms with Gasteiger partial charge in [-0.3, -0.25) is 0 Å². The Morgan fingerprint density at radius 3 is 3.12 bits per heavy atom. The van der Waals surface area contributed by atoms with Gasteiger partial charge in [0.2, 0.25) is 5.28 Å². The summed E-state index contributed by atoms with van der Waals surface area (Å²) in [5.74, 6) is 0.577. The van der Waals surface area contributed by atoms with Gasteiger partial charge in [0, 0.05) is 6.61 Å². The Hall–Kier alpha value is -1.07. The number of halogens is 1. The summed E-state index contributed by atoms with van der Waals surface area (Å²) in [5, 5.41) is 3.47. The normalized spacial score (nSPS) is 25.4. The summed E-state index contributed by atoms with van der Waals surface area (Å²) >= 11 is 5.73. The van der Waals surface area contributed by atoms with E-state index in [1.807, 2.05) is 0 Å². The second-order valence-electron chi connectivity index (χ2n) is 4.28. The summed E-state index contributed by atoms with van der Waals surface area (Å²) in [5.41, 5.74) is 6.14. The molecule has 0 aliphatic carbocycles. The fourth-order valence-corrected chi connectivity index (χ4v) is 1.92. The molecule has 88 valence electrons. The third kappa shape index (κ3) is 2.54. The van der Waals surface area contributed by atoms with Crippen LogP contribution in [0.3, 0.4) is 0 Å². The second kappa shape index (κ2) is 4.43. The van der Waals surface area contributed by atoms with E-state index in [0.717, 1.165) is 19.4 Å². The fraction of sp³-hybridized carbons (Fsp3) is 0.600. The van der Waals surface area contributed by atoms with Gasteiger partial charge in [-0.2, -0.15) is 4.98 Å². The lowest BCUT2D eigenvalue weighted by Gasteiger charge is -2.35. The molecule has 0 aromatic carbocycles. The summed E-state index contributed by atoms with van der Waals surface area (Å²) in [6, 6.07) is 0. The lowest BCUT2D eigenvalue weighted by atomic mass is 9.95. The number of nitrogen functional groups attached to an aromatic ring is 1. The molecule has 5 nitrogen and oxygen atoms in total. The molecule has 0 saturated carbocycles. The zero-order valence-corrected chi connectivity index (χ0v) is 9.92. The van der Waals surface area contributed by atoms with Crippen molar-refractivity contribution in [3.63, 3.8) is 0 Å². The van der Waals surface area contributed by atoms with E-state index < -0.39 is 0 Å². The van der Waals surface area contributed by atoms with E-state index in [9.17, 15) is 0 Å². The van der Waals surface area contributed by atoms with Gasteiger partial charge in [0.25, 0.3) is 0 Å². The van der Waals surface area contributed by atoms with Crippen LogP contribution < -0.4 is 11.1 Å². The van der Waals surface area contributed by atoms with E-state index >= 15 is 0 Å². The van der Waals surface area contributed by atoms with Crippen molar-refractivity contribution >= 4 is 23.1 Å². The highest BCUT2D eigenvalue weighted by molar-refractivity contribution is 6.28. The SMILES string of the molecule is CC1(Nc2nc(Cl)ncc2N)CCCOC1. The molecular weight excluding hydrogens is 228 g/mol. The van der Waals surface area contributed by atoms with Crippen molar-refractivity contribution in [2.24, 2.45) is 0 Å². The smallest absolute Gasteiger partial charge is 0.224 e. The number of nitrogens with zero attached hydrogens (tertiary/aromatic N) is 2. The Labute approximate surface area is 99.4 Å². The topological polar surface area (TPSA) is 73.1 Å². The van der Waals surface area contributed by atoms with Gasteiger partial charge in [0.15, 0.2) is 5.82 Å². The third-order valence-corrected chi connectivity index (χ3v) is 2.83. The maximum absolute atomic E-state index is 5.78. The van der Waals surface area contributed by atoms with Crippen LogP contribution in [0.25, 0.3) is 0 Å². The maximum atomic E-state index is 5.78. The maximum Gasteiger partial charge on any atom is 0.224 e. The number of nitrogens with two attached hydrogens (primary N) is 1. The highest BCUT2D eigenvalue weighted by Crippen LogP contribution is 2.26. The van der Waals surface area contributed by atoms with Gasteiger partial charge in [0.1, 0.15) is 0 Å². The van der Waals surface area contributed by atoms with Gasteiger partial charge >= 0.3 is 0 Å². The number of rotatable bonds is 2. The molecule has 1 aliphatic heterocycles. The van der Waals surface area contributed by atoms with Gasteiger partial charge in [-0.1, -0.05) is 0 Å². The van der Waals surface area contributed by atoms with Crippen molar-refractivity contribution in [1.29, 1.82) is 0 Å². The van der Waals surface area contributed by atoms with Crippen molar-refractivity contribution in [2.45, 2.75) is 25.3 Å². The molecule has 6 heteroatoms. The molecule has 2 rings (SSSR count). The molecule has 2 heterocycles. The van der Waals surface area contributed by atoms with Crippen LogP contribution in [0, 0.1) is 0 Å². The largest absolute Gasteiger partial charge is 0.394 e. The molecule has 0 spiro atoms. The van der Waals surface area contributed by atoms with Crippen molar-refractivity contribution in [3.8, 4) is 0 Å². The number of ether oxygens (including phenoxy) is 1. The van der Waals surface area contributed by atoms with Crippen LogP contribution >= 0.6 is 11.6 Å². The highest BCUT2D eigenvalue weighted by atomic mass is 35.5. The summed E-state index contributed by atoms with van der Waals surface area (Å²) in [7, 11) is 0. The van der Waals surface area contributed by atoms with Gasteiger partial charge < -0.3 is 15.8 Å². The van der Waals surface area contributed by atoms with E-state index in [0.29, 0.717) is 18.1 Å². The van der Waals surface area contributed by atoms with Crippen LogP contribution in [0.2, 0.25) is 5.28 Å². The van der Waals surface area contributed by atoms with Crippen LogP contribution in [0.15, 0.2) is 6.20 Å². The number of hydrogen-bond donors (Lipinski definition) is 2. The molecule has 3 N–H and O–H groups in total. The third-order valence-electron chi connectivity index (χ3n) is 2.65. The molecule has 0 radical (unpaired) electrons. The van der Waals surface area contributed by atoms with Crippen LogP contribution in [0.1, 0.15) is 19.8 Å². The Morgan fingerprint density at radius 2 is 2.44 bits per heavy atom. The van der Waals surface area contributed by atoms with Gasteiger partial charge in [-0.25, -0.2) is 4.98 Å². The Kier molecular flexibility index (Phi) is 3.16. The van der Waals surface area contributed by atoms with Gasteiger partial charge in [-0.15, -0.1) is 0 Å². The van der Waals surface area contributed by atoms with Crippen molar-refractivity contribution < 1.29 is 4.74 Å². The lowest BCUT2D eigenvalue weighted by molar-refractivity contribution is 0.0539. The summed E-state index contributed by atoms with van der Waals surface area (Å²) in [6.45, 7) is 3.55. The standard InChI is InChI=1S/C10H15ClN4O/c1-10(3-2-4-16-6-10)15-8-7(12)5-13-9(11)14-8/h5H,2-4,6,12H2,1H3,(H,13,14,15). The zero-order valence-electron chi connectivity index (χ0n) is 9.16. The molecule has 1 saturated heterocycles. The molecule has 0 bridgehead atoms. The summed E-state index contributed by atoms with van der Waals surface area (Å²) in [4.78, 5) is 7.89. The van der Waals surface area contributed by atoms with Gasteiger partial charge in [0.05, 0.1) is 24.0 Å². The lowest BCUT2D eigenvalue weighted by Crippen LogP contribution is -2.43. The van der Waals surface area contributed by atoms with Crippen LogP contribution in [0.5, 0.6) is 0 Å². The molecule has 16 heavy (non-hydrogen) atoms. The molecule has 1 aromatic rings. The van der Waals surface area contributed by atoms with Crippen LogP contribution in [-0.2, 0) is 4.74 Å². The Morgan fingerprint density at radius 1 is 1.62 bits per heavy atom. The molecule has 1 fully saturated rings. The minimum absolute atomic E-state index is 0.135. The molecule has 1 unspecified atom stereocenters. The molecule has 1 atom stereocenters. The average molecular weight is 243 g/mol. The van der Waals surface area contributed by atoms with E-state index in [4.69, 9.17) is 22.1 Å². The predicted molar refractivity (Wildman–Crippen MR) is 63.5 cm³/mol. The molecule has 1 aromatic heterocycles. The quantitative estimate of drug-likeness (QED) is 0.773.